The molecule has 0 heterocycles. The predicted octanol–water partition coefficient (Wildman–Crippen LogP) is 7.88. The van der Waals surface area contributed by atoms with E-state index >= 15 is 0 Å². The molecule has 0 aromatic heterocycles. The number of aryl methyl sites for hydroxylation is 2. The van der Waals surface area contributed by atoms with Gasteiger partial charge in [-0.3, -0.25) is 9.59 Å². The second-order valence-corrected chi connectivity index (χ2v) is 10.9. The number of carboxylic acids is 1. The molecule has 1 atom stereocenters. The standard InChI is InChI=1S/C34H28N2O4S/c1-21-14-15-26(20-22(21)2)36-33(38)31(24-8-4-3-5-9-24)41-27-18-16-25(17-19-27)35-32(37)28-12-6-10-23-11-7-13-29(30(23)28)34(39)40/h3-20,31H,1-2H3,(H,35,37)(H,36,38)(H,39,40). The molecule has 3 N–H and O–H groups in total. The van der Waals surface area contributed by atoms with Gasteiger partial charge in [-0.15, -0.1) is 11.8 Å². The molecule has 5 aromatic carbocycles. The van der Waals surface area contributed by atoms with E-state index < -0.39 is 17.1 Å². The molecule has 1 unspecified atom stereocenters. The van der Waals surface area contributed by atoms with Crippen LogP contribution in [0.15, 0.2) is 114 Å². The number of thioether (sulfide) groups is 1. The number of carbonyl (C=O) groups is 3. The predicted molar refractivity (Wildman–Crippen MR) is 165 cm³/mol. The lowest BCUT2D eigenvalue weighted by atomic mass is 9.98. The normalized spacial score (nSPS) is 11.6. The molecule has 7 heteroatoms. The number of aromatic carboxylic acids is 1. The molecule has 0 aliphatic rings. The van der Waals surface area contributed by atoms with Crippen molar-refractivity contribution in [2.75, 3.05) is 10.6 Å². The topological polar surface area (TPSA) is 95.5 Å². The maximum atomic E-state index is 13.4. The SMILES string of the molecule is Cc1ccc(NC(=O)C(Sc2ccc(NC(=O)c3cccc4cccc(C(=O)O)c34)cc2)c2ccccc2)cc1C. The lowest BCUT2D eigenvalue weighted by molar-refractivity contribution is -0.115. The average molecular weight is 561 g/mol. The van der Waals surface area contributed by atoms with Crippen LogP contribution in [0.2, 0.25) is 0 Å². The molecule has 41 heavy (non-hydrogen) atoms. The molecule has 0 aliphatic carbocycles. The zero-order valence-corrected chi connectivity index (χ0v) is 23.4. The lowest BCUT2D eigenvalue weighted by Gasteiger charge is -2.18. The van der Waals surface area contributed by atoms with Crippen LogP contribution in [0.25, 0.3) is 10.8 Å². The van der Waals surface area contributed by atoms with Gasteiger partial charge in [0.15, 0.2) is 0 Å². The van der Waals surface area contributed by atoms with E-state index in [2.05, 4.69) is 10.6 Å². The molecule has 0 saturated heterocycles. The Bertz CT molecular complexity index is 1750. The number of carboxylic acid groups (broad SMARTS) is 1. The van der Waals surface area contributed by atoms with E-state index in [1.807, 2.05) is 74.5 Å². The van der Waals surface area contributed by atoms with Crippen LogP contribution in [0.1, 0.15) is 42.7 Å². The second-order valence-electron chi connectivity index (χ2n) is 9.69. The fourth-order valence-corrected chi connectivity index (χ4v) is 5.61. The number of hydrogen-bond donors (Lipinski definition) is 3. The van der Waals surface area contributed by atoms with E-state index in [-0.39, 0.29) is 17.0 Å². The maximum Gasteiger partial charge on any atom is 0.336 e. The summed E-state index contributed by atoms with van der Waals surface area (Å²) < 4.78 is 0. The van der Waals surface area contributed by atoms with Crippen molar-refractivity contribution in [1.82, 2.24) is 0 Å². The van der Waals surface area contributed by atoms with Gasteiger partial charge < -0.3 is 15.7 Å². The molecular formula is C34H28N2O4S. The highest BCUT2D eigenvalue weighted by molar-refractivity contribution is 8.00. The van der Waals surface area contributed by atoms with Crippen molar-refractivity contribution in [1.29, 1.82) is 0 Å². The third kappa shape index (κ3) is 6.31. The van der Waals surface area contributed by atoms with Gasteiger partial charge in [-0.05, 0) is 84.5 Å². The molecule has 2 amide bonds. The summed E-state index contributed by atoms with van der Waals surface area (Å²) in [6, 6.07) is 32.8. The minimum Gasteiger partial charge on any atom is -0.478 e. The zero-order valence-electron chi connectivity index (χ0n) is 22.5. The molecule has 0 saturated carbocycles. The summed E-state index contributed by atoms with van der Waals surface area (Å²) in [5.74, 6) is -1.63. The third-order valence-electron chi connectivity index (χ3n) is 6.86. The first-order chi connectivity index (χ1) is 19.8. The molecule has 6 nitrogen and oxygen atoms in total. The van der Waals surface area contributed by atoms with Crippen molar-refractivity contribution in [3.63, 3.8) is 0 Å². The van der Waals surface area contributed by atoms with E-state index in [0.717, 1.165) is 27.3 Å². The number of fused-ring (bicyclic) bond motifs is 1. The summed E-state index contributed by atoms with van der Waals surface area (Å²) in [5.41, 5.74) is 4.80. The lowest BCUT2D eigenvalue weighted by Crippen LogP contribution is -2.19. The Morgan fingerprint density at radius 3 is 2.00 bits per heavy atom. The quantitative estimate of drug-likeness (QED) is 0.168. The van der Waals surface area contributed by atoms with Crippen molar-refractivity contribution in [3.8, 4) is 0 Å². The fourth-order valence-electron chi connectivity index (χ4n) is 4.59. The molecule has 204 valence electrons. The van der Waals surface area contributed by atoms with Gasteiger partial charge in [0.05, 0.1) is 5.56 Å². The Morgan fingerprint density at radius 2 is 1.34 bits per heavy atom. The van der Waals surface area contributed by atoms with E-state index in [4.69, 9.17) is 0 Å². The van der Waals surface area contributed by atoms with Crippen LogP contribution in [0.3, 0.4) is 0 Å². The van der Waals surface area contributed by atoms with Crippen molar-refractivity contribution in [2.24, 2.45) is 0 Å². The first-order valence-corrected chi connectivity index (χ1v) is 13.9. The molecular weight excluding hydrogens is 532 g/mol. The number of rotatable bonds is 8. The Balaban J connectivity index is 1.35. The van der Waals surface area contributed by atoms with Crippen LogP contribution in [0.4, 0.5) is 11.4 Å². The van der Waals surface area contributed by atoms with E-state index in [1.54, 1.807) is 42.5 Å². The van der Waals surface area contributed by atoms with Crippen LogP contribution in [-0.2, 0) is 4.79 Å². The van der Waals surface area contributed by atoms with Crippen LogP contribution >= 0.6 is 11.8 Å². The summed E-state index contributed by atoms with van der Waals surface area (Å²) in [6.07, 6.45) is 0. The molecule has 0 radical (unpaired) electrons. The van der Waals surface area contributed by atoms with Gasteiger partial charge in [0.25, 0.3) is 5.91 Å². The Labute approximate surface area is 242 Å². The number of amides is 2. The molecule has 5 aromatic rings. The highest BCUT2D eigenvalue weighted by Crippen LogP contribution is 2.37. The Kier molecular flexibility index (Phi) is 8.17. The van der Waals surface area contributed by atoms with Crippen molar-refractivity contribution in [2.45, 2.75) is 24.0 Å². The number of carbonyl (C=O) groups excluding carboxylic acids is 2. The van der Waals surface area contributed by atoms with Gasteiger partial charge in [0.2, 0.25) is 5.91 Å². The monoisotopic (exact) mass is 560 g/mol. The van der Waals surface area contributed by atoms with Crippen LogP contribution < -0.4 is 10.6 Å². The summed E-state index contributed by atoms with van der Waals surface area (Å²) in [5, 5.41) is 16.1. The summed E-state index contributed by atoms with van der Waals surface area (Å²) in [7, 11) is 0. The van der Waals surface area contributed by atoms with Gasteiger partial charge in [0, 0.05) is 27.2 Å². The van der Waals surface area contributed by atoms with Crippen molar-refractivity contribution in [3.05, 3.63) is 137 Å². The van der Waals surface area contributed by atoms with Gasteiger partial charge >= 0.3 is 5.97 Å². The van der Waals surface area contributed by atoms with Gasteiger partial charge in [-0.25, -0.2) is 4.79 Å². The third-order valence-corrected chi connectivity index (χ3v) is 8.13. The smallest absolute Gasteiger partial charge is 0.336 e. The molecule has 0 bridgehead atoms. The first-order valence-electron chi connectivity index (χ1n) is 13.1. The highest BCUT2D eigenvalue weighted by Gasteiger charge is 2.23. The maximum absolute atomic E-state index is 13.4. The average Bonchev–Trinajstić information content (AvgIpc) is 2.98. The minimum absolute atomic E-state index is 0.0750. The van der Waals surface area contributed by atoms with Crippen molar-refractivity contribution < 1.29 is 19.5 Å². The molecule has 0 aliphatic heterocycles. The van der Waals surface area contributed by atoms with Crippen molar-refractivity contribution >= 4 is 51.7 Å². The summed E-state index contributed by atoms with van der Waals surface area (Å²) in [4.78, 5) is 39.3. The number of anilines is 2. The van der Waals surface area contributed by atoms with E-state index in [9.17, 15) is 19.5 Å². The number of benzene rings is 5. The van der Waals surface area contributed by atoms with Gasteiger partial charge in [-0.1, -0.05) is 60.7 Å². The van der Waals surface area contributed by atoms with E-state index in [1.165, 1.54) is 17.8 Å². The van der Waals surface area contributed by atoms with Gasteiger partial charge in [-0.2, -0.15) is 0 Å². The Hall–Kier alpha value is -4.88. The molecule has 5 rings (SSSR count). The Morgan fingerprint density at radius 1 is 0.683 bits per heavy atom. The van der Waals surface area contributed by atoms with E-state index in [0.29, 0.717) is 16.5 Å². The highest BCUT2D eigenvalue weighted by atomic mass is 32.2. The van der Waals surface area contributed by atoms with Gasteiger partial charge in [0.1, 0.15) is 5.25 Å². The number of hydrogen-bond acceptors (Lipinski definition) is 4. The van der Waals surface area contributed by atoms with Crippen LogP contribution in [0, 0.1) is 13.8 Å². The molecule has 0 fully saturated rings. The summed E-state index contributed by atoms with van der Waals surface area (Å²) in [6.45, 7) is 4.05. The number of nitrogens with one attached hydrogen (secondary N) is 2. The second kappa shape index (κ2) is 12.1. The fraction of sp³-hybridized carbons (Fsp3) is 0.0882. The largest absolute Gasteiger partial charge is 0.478 e. The zero-order chi connectivity index (χ0) is 28.9. The van der Waals surface area contributed by atoms with Crippen LogP contribution in [-0.4, -0.2) is 22.9 Å². The van der Waals surface area contributed by atoms with Crippen LogP contribution in [0.5, 0.6) is 0 Å². The first kappa shape index (κ1) is 27.7. The molecule has 0 spiro atoms. The minimum atomic E-state index is -1.09. The summed E-state index contributed by atoms with van der Waals surface area (Å²) >= 11 is 1.42.